The van der Waals surface area contributed by atoms with Crippen molar-refractivity contribution < 1.29 is 14.4 Å². The maximum atomic E-state index is 11.7. The predicted octanol–water partition coefficient (Wildman–Crippen LogP) is 2.23. The van der Waals surface area contributed by atoms with Crippen LogP contribution in [0, 0.1) is 4.91 Å². The lowest BCUT2D eigenvalue weighted by atomic mass is 10.2. The Hall–Kier alpha value is -3.03. The second-order valence-corrected chi connectivity index (χ2v) is 3.82. The van der Waals surface area contributed by atoms with Crippen molar-refractivity contribution in [3.8, 4) is 11.4 Å². The number of hydrogen-bond donors (Lipinski definition) is 2. The van der Waals surface area contributed by atoms with E-state index >= 15 is 0 Å². The summed E-state index contributed by atoms with van der Waals surface area (Å²) < 4.78 is 4.63. The molecule has 1 aromatic heterocycles. The Kier molecular flexibility index (Phi) is 3.85. The highest BCUT2D eigenvalue weighted by Crippen LogP contribution is 2.19. The van der Waals surface area contributed by atoms with Gasteiger partial charge in [-0.05, 0) is 24.2 Å². The molecule has 2 N–H and O–H groups in total. The van der Waals surface area contributed by atoms with Crippen molar-refractivity contribution in [1.29, 1.82) is 0 Å². The molecule has 0 unspecified atom stereocenters. The van der Waals surface area contributed by atoms with Gasteiger partial charge in [0.05, 0.1) is 0 Å². The standard InChI is InChI=1S/C12H10N4O4/c1-7(17)10(15-19)12(18)14-9-4-2-3-8(5-9)11-13-6-20-16-11/h2-6,17H,1H3,(H,14,18)/b10-7+. The Morgan fingerprint density at radius 3 is 2.85 bits per heavy atom. The van der Waals surface area contributed by atoms with Crippen molar-refractivity contribution in [3.05, 3.63) is 47.0 Å². The third kappa shape index (κ3) is 2.86. The van der Waals surface area contributed by atoms with E-state index in [1.807, 2.05) is 0 Å². The van der Waals surface area contributed by atoms with Crippen LogP contribution in [0.3, 0.4) is 0 Å². The number of aliphatic hydroxyl groups excluding tert-OH is 1. The summed E-state index contributed by atoms with van der Waals surface area (Å²) in [5, 5.41) is 17.8. The summed E-state index contributed by atoms with van der Waals surface area (Å²) in [4.78, 5) is 26.1. The van der Waals surface area contributed by atoms with Crippen molar-refractivity contribution in [2.45, 2.75) is 6.92 Å². The van der Waals surface area contributed by atoms with E-state index in [-0.39, 0.29) is 0 Å². The van der Waals surface area contributed by atoms with Gasteiger partial charge in [0, 0.05) is 11.3 Å². The molecule has 8 nitrogen and oxygen atoms in total. The van der Waals surface area contributed by atoms with E-state index in [4.69, 9.17) is 5.11 Å². The van der Waals surface area contributed by atoms with Gasteiger partial charge in [0.25, 0.3) is 5.91 Å². The molecule has 1 aromatic carbocycles. The van der Waals surface area contributed by atoms with Gasteiger partial charge in [0.1, 0.15) is 5.76 Å². The quantitative estimate of drug-likeness (QED) is 0.501. The number of anilines is 1. The topological polar surface area (TPSA) is 118 Å². The van der Waals surface area contributed by atoms with Crippen LogP contribution in [0.25, 0.3) is 11.4 Å². The lowest BCUT2D eigenvalue weighted by Gasteiger charge is -2.05. The first-order valence-corrected chi connectivity index (χ1v) is 5.53. The van der Waals surface area contributed by atoms with E-state index in [0.717, 1.165) is 0 Å². The number of aromatic nitrogens is 2. The Labute approximate surface area is 113 Å². The molecule has 0 spiro atoms. The maximum absolute atomic E-state index is 11.7. The molecule has 1 amide bonds. The molecule has 0 atom stereocenters. The number of nitrogens with one attached hydrogen (secondary N) is 1. The fourth-order valence-corrected chi connectivity index (χ4v) is 1.50. The molecule has 0 aliphatic rings. The zero-order valence-electron chi connectivity index (χ0n) is 10.4. The van der Waals surface area contributed by atoms with Gasteiger partial charge in [0.15, 0.2) is 0 Å². The first kappa shape index (κ1) is 13.4. The summed E-state index contributed by atoms with van der Waals surface area (Å²) in [6.45, 7) is 1.20. The van der Waals surface area contributed by atoms with Crippen molar-refractivity contribution in [2.24, 2.45) is 5.18 Å². The van der Waals surface area contributed by atoms with Crippen LogP contribution in [0.2, 0.25) is 0 Å². The molecule has 0 saturated carbocycles. The third-order valence-electron chi connectivity index (χ3n) is 2.39. The Morgan fingerprint density at radius 2 is 2.25 bits per heavy atom. The van der Waals surface area contributed by atoms with Gasteiger partial charge in [-0.25, -0.2) is 0 Å². The number of nitrogens with zero attached hydrogens (tertiary/aromatic N) is 3. The summed E-state index contributed by atoms with van der Waals surface area (Å²) in [6, 6.07) is 6.60. The number of rotatable bonds is 4. The van der Waals surface area contributed by atoms with Gasteiger partial charge >= 0.3 is 0 Å². The Bertz CT molecular complexity index is 660. The minimum atomic E-state index is -0.801. The van der Waals surface area contributed by atoms with Crippen molar-refractivity contribution in [1.82, 2.24) is 10.1 Å². The highest BCUT2D eigenvalue weighted by Gasteiger charge is 2.14. The van der Waals surface area contributed by atoms with E-state index in [9.17, 15) is 9.70 Å². The van der Waals surface area contributed by atoms with Gasteiger partial charge in [-0.1, -0.05) is 17.3 Å². The molecule has 0 aliphatic heterocycles. The summed E-state index contributed by atoms with van der Waals surface area (Å²) >= 11 is 0. The minimum absolute atomic E-state index is 0.365. The summed E-state index contributed by atoms with van der Waals surface area (Å²) in [6.07, 6.45) is 1.19. The highest BCUT2D eigenvalue weighted by atomic mass is 16.5. The molecule has 2 rings (SSSR count). The first-order valence-electron chi connectivity index (χ1n) is 5.53. The zero-order chi connectivity index (χ0) is 14.5. The van der Waals surface area contributed by atoms with E-state index in [1.165, 1.54) is 13.3 Å². The molecule has 8 heteroatoms. The molecule has 0 aliphatic carbocycles. The molecule has 0 saturated heterocycles. The molecule has 0 bridgehead atoms. The minimum Gasteiger partial charge on any atom is -0.510 e. The van der Waals surface area contributed by atoms with Crippen molar-refractivity contribution in [3.63, 3.8) is 0 Å². The number of carbonyl (C=O) groups is 1. The second-order valence-electron chi connectivity index (χ2n) is 3.82. The highest BCUT2D eigenvalue weighted by molar-refractivity contribution is 6.03. The fourth-order valence-electron chi connectivity index (χ4n) is 1.50. The number of carbonyl (C=O) groups excluding carboxylic acids is 1. The first-order chi connectivity index (χ1) is 9.61. The maximum Gasteiger partial charge on any atom is 0.281 e. The zero-order valence-corrected chi connectivity index (χ0v) is 10.4. The Morgan fingerprint density at radius 1 is 1.45 bits per heavy atom. The van der Waals surface area contributed by atoms with Crippen LogP contribution in [-0.2, 0) is 4.79 Å². The normalized spacial score (nSPS) is 11.7. The van der Waals surface area contributed by atoms with E-state index < -0.39 is 17.4 Å². The lowest BCUT2D eigenvalue weighted by Crippen LogP contribution is -2.14. The van der Waals surface area contributed by atoms with Gasteiger partial charge in [0.2, 0.25) is 17.9 Å². The van der Waals surface area contributed by atoms with E-state index in [1.54, 1.807) is 24.3 Å². The Balaban J connectivity index is 2.23. The van der Waals surface area contributed by atoms with Gasteiger partial charge in [-0.2, -0.15) is 4.98 Å². The van der Waals surface area contributed by atoms with Crippen molar-refractivity contribution >= 4 is 11.6 Å². The lowest BCUT2D eigenvalue weighted by molar-refractivity contribution is -0.113. The number of benzene rings is 1. The number of aliphatic hydroxyl groups is 1. The third-order valence-corrected chi connectivity index (χ3v) is 2.39. The van der Waals surface area contributed by atoms with Crippen LogP contribution in [0.4, 0.5) is 5.69 Å². The monoisotopic (exact) mass is 274 g/mol. The van der Waals surface area contributed by atoms with Crippen LogP contribution in [0.1, 0.15) is 6.92 Å². The second kappa shape index (κ2) is 5.74. The van der Waals surface area contributed by atoms with E-state index in [2.05, 4.69) is 25.2 Å². The van der Waals surface area contributed by atoms with Crippen LogP contribution < -0.4 is 5.32 Å². The average Bonchev–Trinajstić information content (AvgIpc) is 2.93. The molecular formula is C12H10N4O4. The number of nitroso groups, excluding NO2 is 1. The molecular weight excluding hydrogens is 264 g/mol. The number of amides is 1. The number of hydrogen-bond acceptors (Lipinski definition) is 7. The molecule has 20 heavy (non-hydrogen) atoms. The summed E-state index contributed by atoms with van der Waals surface area (Å²) in [5.74, 6) is -0.888. The molecule has 1 heterocycles. The summed E-state index contributed by atoms with van der Waals surface area (Å²) in [5.41, 5.74) is 0.455. The molecule has 2 aromatic rings. The predicted molar refractivity (Wildman–Crippen MR) is 69.5 cm³/mol. The van der Waals surface area contributed by atoms with Gasteiger partial charge < -0.3 is 14.9 Å². The summed E-state index contributed by atoms with van der Waals surface area (Å²) in [7, 11) is 0. The van der Waals surface area contributed by atoms with Gasteiger partial charge in [-0.3, -0.25) is 4.79 Å². The average molecular weight is 274 g/mol. The van der Waals surface area contributed by atoms with Crippen LogP contribution >= 0.6 is 0 Å². The van der Waals surface area contributed by atoms with Crippen molar-refractivity contribution in [2.75, 3.05) is 5.32 Å². The van der Waals surface area contributed by atoms with Crippen LogP contribution in [0.5, 0.6) is 0 Å². The van der Waals surface area contributed by atoms with Crippen LogP contribution in [-0.4, -0.2) is 21.2 Å². The van der Waals surface area contributed by atoms with Gasteiger partial charge in [-0.15, -0.1) is 4.91 Å². The van der Waals surface area contributed by atoms with Crippen LogP contribution in [0.15, 0.2) is 51.8 Å². The molecule has 102 valence electrons. The SMILES string of the molecule is C/C(O)=C(\N=O)C(=O)Nc1cccc(-c2ncon2)c1. The molecule has 0 radical (unpaired) electrons. The fraction of sp³-hybridized carbons (Fsp3) is 0.0833. The smallest absolute Gasteiger partial charge is 0.281 e. The number of allylic oxidation sites excluding steroid dienone is 1. The van der Waals surface area contributed by atoms with E-state index in [0.29, 0.717) is 17.1 Å². The molecule has 0 fully saturated rings. The largest absolute Gasteiger partial charge is 0.510 e.